The van der Waals surface area contributed by atoms with Gasteiger partial charge in [0.1, 0.15) is 0 Å². The largest absolute Gasteiger partial charge is 0.379 e. The Labute approximate surface area is 158 Å². The predicted molar refractivity (Wildman–Crippen MR) is 108 cm³/mol. The van der Waals surface area contributed by atoms with E-state index >= 15 is 0 Å². The van der Waals surface area contributed by atoms with Crippen LogP contribution in [0.1, 0.15) is 44.7 Å². The Morgan fingerprint density at radius 2 is 2.19 bits per heavy atom. The van der Waals surface area contributed by atoms with E-state index in [0.29, 0.717) is 0 Å². The van der Waals surface area contributed by atoms with Crippen LogP contribution < -0.4 is 10.6 Å². The first kappa shape index (κ1) is 20.7. The number of benzene rings is 1. The Hall–Kier alpha value is -1.59. The summed E-state index contributed by atoms with van der Waals surface area (Å²) in [6.45, 7) is 13.5. The van der Waals surface area contributed by atoms with Crippen LogP contribution in [-0.2, 0) is 14.9 Å². The van der Waals surface area contributed by atoms with E-state index in [1.807, 2.05) is 0 Å². The molecule has 1 aliphatic heterocycles. The van der Waals surface area contributed by atoms with E-state index in [0.717, 1.165) is 58.3 Å². The van der Waals surface area contributed by atoms with Gasteiger partial charge in [0.25, 0.3) is 0 Å². The highest BCUT2D eigenvalue weighted by Crippen LogP contribution is 2.24. The number of ether oxygens (including phenoxy) is 2. The molecule has 1 aliphatic rings. The fourth-order valence-electron chi connectivity index (χ4n) is 2.95. The van der Waals surface area contributed by atoms with E-state index in [-0.39, 0.29) is 11.5 Å². The molecule has 26 heavy (non-hydrogen) atoms. The molecule has 146 valence electrons. The first-order valence-electron chi connectivity index (χ1n) is 9.80. The van der Waals surface area contributed by atoms with Crippen molar-refractivity contribution >= 4 is 5.96 Å². The van der Waals surface area contributed by atoms with Crippen LogP contribution in [-0.4, -0.2) is 51.5 Å². The lowest BCUT2D eigenvalue weighted by Crippen LogP contribution is -2.39. The minimum Gasteiger partial charge on any atom is -0.379 e. The van der Waals surface area contributed by atoms with Crippen molar-refractivity contribution in [2.75, 3.05) is 39.5 Å². The van der Waals surface area contributed by atoms with Crippen molar-refractivity contribution in [2.45, 2.75) is 52.1 Å². The van der Waals surface area contributed by atoms with Crippen molar-refractivity contribution in [1.29, 1.82) is 0 Å². The SMILES string of the molecule is CCNC(=NCC(C)(C)c1cccc(C)c1)NCCCOC1CCOC1. The molecular formula is C21H35N3O2. The third-order valence-electron chi connectivity index (χ3n) is 4.63. The lowest BCUT2D eigenvalue weighted by atomic mass is 9.84. The van der Waals surface area contributed by atoms with Gasteiger partial charge in [0.15, 0.2) is 5.96 Å². The zero-order valence-corrected chi connectivity index (χ0v) is 16.8. The number of nitrogens with zero attached hydrogens (tertiary/aromatic N) is 1. The Kier molecular flexibility index (Phi) is 8.39. The second-order valence-corrected chi connectivity index (χ2v) is 7.59. The zero-order chi connectivity index (χ0) is 18.8. The summed E-state index contributed by atoms with van der Waals surface area (Å²) in [6.07, 6.45) is 2.26. The highest BCUT2D eigenvalue weighted by atomic mass is 16.5. The average Bonchev–Trinajstić information content (AvgIpc) is 3.13. The summed E-state index contributed by atoms with van der Waals surface area (Å²) < 4.78 is 11.1. The number of nitrogens with one attached hydrogen (secondary N) is 2. The minimum absolute atomic E-state index is 0.0000439. The first-order valence-corrected chi connectivity index (χ1v) is 9.80. The molecule has 0 bridgehead atoms. The monoisotopic (exact) mass is 361 g/mol. The number of aliphatic imine (C=N–C) groups is 1. The smallest absolute Gasteiger partial charge is 0.191 e. The number of rotatable bonds is 9. The number of guanidine groups is 1. The molecule has 0 amide bonds. The van der Waals surface area contributed by atoms with E-state index in [4.69, 9.17) is 14.5 Å². The van der Waals surface area contributed by atoms with Crippen LogP contribution >= 0.6 is 0 Å². The van der Waals surface area contributed by atoms with Gasteiger partial charge in [-0.25, -0.2) is 0 Å². The van der Waals surface area contributed by atoms with E-state index in [2.05, 4.69) is 62.6 Å². The second-order valence-electron chi connectivity index (χ2n) is 7.59. The van der Waals surface area contributed by atoms with E-state index in [9.17, 15) is 0 Å². The van der Waals surface area contributed by atoms with Crippen molar-refractivity contribution in [3.8, 4) is 0 Å². The quantitative estimate of drug-likeness (QED) is 0.403. The number of hydrogen-bond donors (Lipinski definition) is 2. The maximum absolute atomic E-state index is 5.80. The van der Waals surface area contributed by atoms with Gasteiger partial charge < -0.3 is 20.1 Å². The normalized spacial score (nSPS) is 18.2. The molecule has 0 aromatic heterocycles. The molecule has 1 unspecified atom stereocenters. The van der Waals surface area contributed by atoms with Crippen molar-refractivity contribution in [3.05, 3.63) is 35.4 Å². The van der Waals surface area contributed by atoms with Gasteiger partial charge in [0, 0.05) is 31.7 Å². The van der Waals surface area contributed by atoms with E-state index in [1.165, 1.54) is 11.1 Å². The summed E-state index contributed by atoms with van der Waals surface area (Å²) in [5.41, 5.74) is 2.61. The van der Waals surface area contributed by atoms with Gasteiger partial charge in [-0.3, -0.25) is 4.99 Å². The summed E-state index contributed by atoms with van der Waals surface area (Å²) in [5, 5.41) is 6.74. The highest BCUT2D eigenvalue weighted by molar-refractivity contribution is 5.79. The average molecular weight is 362 g/mol. The van der Waals surface area contributed by atoms with Crippen molar-refractivity contribution < 1.29 is 9.47 Å². The number of hydrogen-bond acceptors (Lipinski definition) is 3. The Bertz CT molecular complexity index is 566. The maximum atomic E-state index is 5.80. The molecule has 1 aromatic rings. The Balaban J connectivity index is 1.79. The molecule has 1 atom stereocenters. The molecule has 2 rings (SSSR count). The van der Waals surface area contributed by atoms with Gasteiger partial charge in [-0.05, 0) is 32.3 Å². The molecule has 0 aliphatic carbocycles. The summed E-state index contributed by atoms with van der Waals surface area (Å²) in [4.78, 5) is 4.80. The fourth-order valence-corrected chi connectivity index (χ4v) is 2.95. The van der Waals surface area contributed by atoms with Gasteiger partial charge in [-0.1, -0.05) is 43.7 Å². The van der Waals surface area contributed by atoms with Crippen LogP contribution in [0.2, 0.25) is 0 Å². The lowest BCUT2D eigenvalue weighted by Gasteiger charge is -2.24. The topological polar surface area (TPSA) is 54.9 Å². The standard InChI is InChI=1S/C21H35N3O2/c1-5-22-20(23-11-7-12-26-19-10-13-25-15-19)24-16-21(3,4)18-9-6-8-17(2)14-18/h6,8-9,14,19H,5,7,10-13,15-16H2,1-4H3,(H2,22,23,24). The third-order valence-corrected chi connectivity index (χ3v) is 4.63. The van der Waals surface area contributed by atoms with E-state index in [1.54, 1.807) is 0 Å². The molecule has 1 fully saturated rings. The van der Waals surface area contributed by atoms with Crippen LogP contribution in [0, 0.1) is 6.92 Å². The molecule has 0 radical (unpaired) electrons. The van der Waals surface area contributed by atoms with Crippen LogP contribution in [0.4, 0.5) is 0 Å². The lowest BCUT2D eigenvalue weighted by molar-refractivity contribution is 0.0420. The Morgan fingerprint density at radius 1 is 1.35 bits per heavy atom. The first-order chi connectivity index (χ1) is 12.5. The van der Waals surface area contributed by atoms with Crippen molar-refractivity contribution in [1.82, 2.24) is 10.6 Å². The van der Waals surface area contributed by atoms with Gasteiger partial charge in [0.05, 0.1) is 19.3 Å². The van der Waals surface area contributed by atoms with Gasteiger partial charge in [-0.15, -0.1) is 0 Å². The maximum Gasteiger partial charge on any atom is 0.191 e. The summed E-state index contributed by atoms with van der Waals surface area (Å²) >= 11 is 0. The number of aryl methyl sites for hydroxylation is 1. The fraction of sp³-hybridized carbons (Fsp3) is 0.667. The minimum atomic E-state index is -0.0000439. The van der Waals surface area contributed by atoms with Crippen LogP contribution in [0.25, 0.3) is 0 Å². The summed E-state index contributed by atoms with van der Waals surface area (Å²) in [5.74, 6) is 0.873. The summed E-state index contributed by atoms with van der Waals surface area (Å²) in [7, 11) is 0. The Morgan fingerprint density at radius 3 is 2.88 bits per heavy atom. The molecular weight excluding hydrogens is 326 g/mol. The van der Waals surface area contributed by atoms with Crippen LogP contribution in [0.15, 0.2) is 29.3 Å². The van der Waals surface area contributed by atoms with E-state index < -0.39 is 0 Å². The zero-order valence-electron chi connectivity index (χ0n) is 16.8. The molecule has 1 aromatic carbocycles. The molecule has 0 saturated carbocycles. The van der Waals surface area contributed by atoms with Crippen LogP contribution in [0.3, 0.4) is 0 Å². The highest BCUT2D eigenvalue weighted by Gasteiger charge is 2.20. The van der Waals surface area contributed by atoms with Gasteiger partial charge >= 0.3 is 0 Å². The second kappa shape index (κ2) is 10.5. The molecule has 2 N–H and O–H groups in total. The van der Waals surface area contributed by atoms with Gasteiger partial charge in [0.2, 0.25) is 0 Å². The third kappa shape index (κ3) is 6.96. The van der Waals surface area contributed by atoms with Gasteiger partial charge in [-0.2, -0.15) is 0 Å². The molecule has 5 heteroatoms. The summed E-state index contributed by atoms with van der Waals surface area (Å²) in [6, 6.07) is 8.69. The molecule has 5 nitrogen and oxygen atoms in total. The molecule has 1 saturated heterocycles. The predicted octanol–water partition coefficient (Wildman–Crippen LogP) is 3.02. The van der Waals surface area contributed by atoms with Crippen molar-refractivity contribution in [3.63, 3.8) is 0 Å². The molecule has 0 spiro atoms. The molecule has 1 heterocycles. The van der Waals surface area contributed by atoms with Crippen LogP contribution in [0.5, 0.6) is 0 Å². The van der Waals surface area contributed by atoms with Crippen molar-refractivity contribution in [2.24, 2.45) is 4.99 Å².